The average molecular weight is 198 g/mol. The SMILES string of the molecule is OCc1ccccc1OCC(O)CO. The molecule has 0 aromatic heterocycles. The minimum Gasteiger partial charge on any atom is -0.490 e. The van der Waals surface area contributed by atoms with E-state index in [1.807, 2.05) is 0 Å². The maximum absolute atomic E-state index is 9.05. The van der Waals surface area contributed by atoms with Gasteiger partial charge in [0.1, 0.15) is 18.5 Å². The van der Waals surface area contributed by atoms with Crippen LogP contribution in [0, 0.1) is 0 Å². The topological polar surface area (TPSA) is 69.9 Å². The number of aliphatic hydroxyl groups is 3. The van der Waals surface area contributed by atoms with Crippen LogP contribution in [0.4, 0.5) is 0 Å². The van der Waals surface area contributed by atoms with Gasteiger partial charge in [-0.3, -0.25) is 0 Å². The first kappa shape index (κ1) is 11.0. The van der Waals surface area contributed by atoms with Crippen LogP contribution in [0.5, 0.6) is 5.75 Å². The Morgan fingerprint density at radius 1 is 1.21 bits per heavy atom. The van der Waals surface area contributed by atoms with E-state index < -0.39 is 6.10 Å². The van der Waals surface area contributed by atoms with Gasteiger partial charge in [-0.15, -0.1) is 0 Å². The number of hydrogen-bond donors (Lipinski definition) is 3. The van der Waals surface area contributed by atoms with Crippen LogP contribution in [-0.4, -0.2) is 34.6 Å². The first-order chi connectivity index (χ1) is 6.77. The van der Waals surface area contributed by atoms with E-state index in [9.17, 15) is 0 Å². The van der Waals surface area contributed by atoms with E-state index in [1.165, 1.54) is 0 Å². The molecule has 1 unspecified atom stereocenters. The van der Waals surface area contributed by atoms with Crippen molar-refractivity contribution in [1.29, 1.82) is 0 Å². The van der Waals surface area contributed by atoms with Crippen LogP contribution < -0.4 is 4.74 Å². The van der Waals surface area contributed by atoms with Gasteiger partial charge in [0.2, 0.25) is 0 Å². The molecule has 0 heterocycles. The predicted octanol–water partition coefficient (Wildman–Crippen LogP) is -0.0891. The second-order valence-electron chi connectivity index (χ2n) is 2.91. The molecule has 0 amide bonds. The van der Waals surface area contributed by atoms with E-state index in [1.54, 1.807) is 24.3 Å². The van der Waals surface area contributed by atoms with Crippen LogP contribution in [0.3, 0.4) is 0 Å². The molecule has 1 atom stereocenters. The highest BCUT2D eigenvalue weighted by molar-refractivity contribution is 5.32. The monoisotopic (exact) mass is 198 g/mol. The average Bonchev–Trinajstić information content (AvgIpc) is 2.26. The van der Waals surface area contributed by atoms with E-state index in [2.05, 4.69) is 0 Å². The molecule has 1 aromatic rings. The minimum absolute atomic E-state index is 0.0213. The van der Waals surface area contributed by atoms with E-state index in [-0.39, 0.29) is 19.8 Å². The van der Waals surface area contributed by atoms with Gasteiger partial charge in [0.15, 0.2) is 0 Å². The molecule has 0 bridgehead atoms. The predicted molar refractivity (Wildman–Crippen MR) is 51.0 cm³/mol. The molecule has 14 heavy (non-hydrogen) atoms. The highest BCUT2D eigenvalue weighted by Gasteiger charge is 2.05. The summed E-state index contributed by atoms with van der Waals surface area (Å²) in [5.41, 5.74) is 0.664. The van der Waals surface area contributed by atoms with Gasteiger partial charge < -0.3 is 20.1 Å². The van der Waals surface area contributed by atoms with E-state index >= 15 is 0 Å². The molecular weight excluding hydrogens is 184 g/mol. The normalized spacial score (nSPS) is 12.5. The van der Waals surface area contributed by atoms with E-state index in [4.69, 9.17) is 20.1 Å². The third-order valence-corrected chi connectivity index (χ3v) is 1.78. The Bertz CT molecular complexity index is 275. The van der Waals surface area contributed by atoms with Crippen molar-refractivity contribution in [1.82, 2.24) is 0 Å². The van der Waals surface area contributed by atoms with Crippen molar-refractivity contribution in [2.24, 2.45) is 0 Å². The highest BCUT2D eigenvalue weighted by Crippen LogP contribution is 2.17. The summed E-state index contributed by atoms with van der Waals surface area (Å²) >= 11 is 0. The van der Waals surface area contributed by atoms with E-state index in [0.29, 0.717) is 11.3 Å². The molecule has 1 aromatic carbocycles. The molecule has 1 rings (SSSR count). The second kappa shape index (κ2) is 5.59. The first-order valence-corrected chi connectivity index (χ1v) is 4.38. The number of ether oxygens (including phenoxy) is 1. The molecule has 0 saturated carbocycles. The number of rotatable bonds is 5. The molecule has 0 aliphatic carbocycles. The van der Waals surface area contributed by atoms with Gasteiger partial charge in [-0.2, -0.15) is 0 Å². The number of benzene rings is 1. The molecule has 3 N–H and O–H groups in total. The zero-order chi connectivity index (χ0) is 10.4. The summed E-state index contributed by atoms with van der Waals surface area (Å²) in [7, 11) is 0. The third-order valence-electron chi connectivity index (χ3n) is 1.78. The molecule has 0 aliphatic rings. The van der Waals surface area contributed by atoms with Gasteiger partial charge in [0.05, 0.1) is 13.2 Å². The van der Waals surface area contributed by atoms with Gasteiger partial charge in [-0.1, -0.05) is 18.2 Å². The summed E-state index contributed by atoms with van der Waals surface area (Å²) in [6, 6.07) is 7.01. The molecule has 4 nitrogen and oxygen atoms in total. The van der Waals surface area contributed by atoms with Crippen molar-refractivity contribution >= 4 is 0 Å². The fraction of sp³-hybridized carbons (Fsp3) is 0.400. The summed E-state index contributed by atoms with van der Waals surface area (Å²) in [5.74, 6) is 0.530. The third kappa shape index (κ3) is 2.99. The van der Waals surface area contributed by atoms with Gasteiger partial charge >= 0.3 is 0 Å². The van der Waals surface area contributed by atoms with Crippen LogP contribution in [0.2, 0.25) is 0 Å². The van der Waals surface area contributed by atoms with Crippen LogP contribution in [0.15, 0.2) is 24.3 Å². The van der Waals surface area contributed by atoms with Crippen molar-refractivity contribution in [2.75, 3.05) is 13.2 Å². The zero-order valence-corrected chi connectivity index (χ0v) is 7.76. The van der Waals surface area contributed by atoms with Crippen LogP contribution >= 0.6 is 0 Å². The number of hydrogen-bond acceptors (Lipinski definition) is 4. The maximum atomic E-state index is 9.05. The van der Waals surface area contributed by atoms with Gasteiger partial charge in [0.25, 0.3) is 0 Å². The molecule has 0 spiro atoms. The van der Waals surface area contributed by atoms with E-state index in [0.717, 1.165) is 0 Å². The Labute approximate surface area is 82.4 Å². The summed E-state index contributed by atoms with van der Waals surface area (Å²) in [6.07, 6.45) is -0.887. The second-order valence-corrected chi connectivity index (χ2v) is 2.91. The van der Waals surface area contributed by atoms with Crippen LogP contribution in [0.1, 0.15) is 5.56 Å². The fourth-order valence-electron chi connectivity index (χ4n) is 1.01. The lowest BCUT2D eigenvalue weighted by atomic mass is 10.2. The highest BCUT2D eigenvalue weighted by atomic mass is 16.5. The Morgan fingerprint density at radius 2 is 1.93 bits per heavy atom. The number of aliphatic hydroxyl groups excluding tert-OH is 3. The van der Waals surface area contributed by atoms with Crippen molar-refractivity contribution in [3.05, 3.63) is 29.8 Å². The van der Waals surface area contributed by atoms with Crippen LogP contribution in [0.25, 0.3) is 0 Å². The lowest BCUT2D eigenvalue weighted by Gasteiger charge is -2.12. The zero-order valence-electron chi connectivity index (χ0n) is 7.76. The molecule has 0 saturated heterocycles. The van der Waals surface area contributed by atoms with Gasteiger partial charge in [-0.05, 0) is 6.07 Å². The Morgan fingerprint density at radius 3 is 2.57 bits per heavy atom. The van der Waals surface area contributed by atoms with Gasteiger partial charge in [-0.25, -0.2) is 0 Å². The summed E-state index contributed by atoms with van der Waals surface area (Å²) in [5, 5.41) is 26.6. The standard InChI is InChI=1S/C10H14O4/c11-5-8-3-1-2-4-10(8)14-7-9(13)6-12/h1-4,9,11-13H,5-7H2. The smallest absolute Gasteiger partial charge is 0.124 e. The molecule has 78 valence electrons. The first-order valence-electron chi connectivity index (χ1n) is 4.38. The minimum atomic E-state index is -0.887. The molecular formula is C10H14O4. The van der Waals surface area contributed by atoms with Crippen molar-refractivity contribution in [2.45, 2.75) is 12.7 Å². The lowest BCUT2D eigenvalue weighted by molar-refractivity contribution is 0.0528. The largest absolute Gasteiger partial charge is 0.490 e. The maximum Gasteiger partial charge on any atom is 0.124 e. The summed E-state index contributed by atoms with van der Waals surface area (Å²) in [6.45, 7) is -0.416. The Balaban J connectivity index is 2.57. The summed E-state index contributed by atoms with van der Waals surface area (Å²) in [4.78, 5) is 0. The Hall–Kier alpha value is -1.10. The van der Waals surface area contributed by atoms with Crippen molar-refractivity contribution < 1.29 is 20.1 Å². The van der Waals surface area contributed by atoms with Crippen molar-refractivity contribution in [3.8, 4) is 5.75 Å². The Kier molecular flexibility index (Phi) is 4.39. The fourth-order valence-corrected chi connectivity index (χ4v) is 1.01. The summed E-state index contributed by atoms with van der Waals surface area (Å²) < 4.78 is 5.21. The molecule has 0 fully saturated rings. The molecule has 0 aliphatic heterocycles. The lowest BCUT2D eigenvalue weighted by Crippen LogP contribution is -2.21. The van der Waals surface area contributed by atoms with Crippen molar-refractivity contribution in [3.63, 3.8) is 0 Å². The van der Waals surface area contributed by atoms with Gasteiger partial charge in [0, 0.05) is 5.56 Å². The number of para-hydroxylation sites is 1. The molecule has 4 heteroatoms. The molecule has 0 radical (unpaired) electrons. The quantitative estimate of drug-likeness (QED) is 0.618. The van der Waals surface area contributed by atoms with Crippen LogP contribution in [-0.2, 0) is 6.61 Å².